The minimum Gasteiger partial charge on any atom is -0.305 e. The van der Waals surface area contributed by atoms with Gasteiger partial charge in [0.05, 0.1) is 37.0 Å². The average molecular weight is 763 g/mol. The maximum absolute atomic E-state index is 14.1. The zero-order valence-corrected chi connectivity index (χ0v) is 35.6. The number of hydrogen-bond donors (Lipinski definition) is 0. The van der Waals surface area contributed by atoms with Crippen molar-refractivity contribution in [2.75, 3.05) is 26.4 Å². The molecule has 2 rings (SSSR count). The van der Waals surface area contributed by atoms with Crippen LogP contribution in [0.15, 0.2) is 48.5 Å². The van der Waals surface area contributed by atoms with Crippen molar-refractivity contribution in [2.45, 2.75) is 182 Å². The zero-order valence-electron chi connectivity index (χ0n) is 33.8. The second kappa shape index (κ2) is 30.0. The molecule has 0 unspecified atom stereocenters. The van der Waals surface area contributed by atoms with E-state index < -0.39 is 15.2 Å². The van der Waals surface area contributed by atoms with Crippen LogP contribution < -0.4 is 10.6 Å². The molecule has 0 aromatic heterocycles. The van der Waals surface area contributed by atoms with E-state index in [0.717, 1.165) is 62.5 Å². The van der Waals surface area contributed by atoms with Crippen LogP contribution in [-0.4, -0.2) is 26.4 Å². The van der Waals surface area contributed by atoms with Gasteiger partial charge in [0.15, 0.2) is 0 Å². The predicted molar refractivity (Wildman–Crippen MR) is 224 cm³/mol. The van der Waals surface area contributed by atoms with Crippen molar-refractivity contribution in [2.24, 2.45) is 0 Å². The van der Waals surface area contributed by atoms with Gasteiger partial charge in [-0.1, -0.05) is 180 Å². The molecule has 2 aromatic carbocycles. The van der Waals surface area contributed by atoms with Gasteiger partial charge in [-0.2, -0.15) is 0 Å². The summed E-state index contributed by atoms with van der Waals surface area (Å²) in [5, 5.41) is 1.20. The van der Waals surface area contributed by atoms with E-state index in [1.54, 1.807) is 0 Å². The summed E-state index contributed by atoms with van der Waals surface area (Å²) < 4.78 is 52.5. The fraction of sp³-hybridized carbons (Fsp3) is 0.727. The van der Waals surface area contributed by atoms with Crippen LogP contribution in [0.3, 0.4) is 0 Å². The number of rotatable bonds is 35. The van der Waals surface area contributed by atoms with Crippen LogP contribution in [0, 0.1) is 0 Å². The third-order valence-corrected chi connectivity index (χ3v) is 13.7. The highest BCUT2D eigenvalue weighted by molar-refractivity contribution is 7.62. The van der Waals surface area contributed by atoms with E-state index in [1.165, 1.54) is 103 Å². The first-order chi connectivity index (χ1) is 25.4. The van der Waals surface area contributed by atoms with Crippen LogP contribution in [0.2, 0.25) is 0 Å². The Morgan fingerprint density at radius 1 is 0.327 bits per heavy atom. The van der Waals surface area contributed by atoms with Crippen molar-refractivity contribution in [1.82, 2.24) is 0 Å². The molecule has 0 aliphatic carbocycles. The fourth-order valence-corrected chi connectivity index (χ4v) is 9.57. The summed E-state index contributed by atoms with van der Waals surface area (Å²) in [6.45, 7) is 10.6. The van der Waals surface area contributed by atoms with Crippen LogP contribution in [0.4, 0.5) is 0 Å². The molecule has 0 saturated heterocycles. The molecule has 2 aromatic rings. The molecular formula is C44H76O6P2. The maximum Gasteiger partial charge on any atom is 0.361 e. The molecule has 6 nitrogen and oxygen atoms in total. The fourth-order valence-electron chi connectivity index (χ4n) is 6.31. The largest absolute Gasteiger partial charge is 0.361 e. The Labute approximate surface area is 320 Å². The minimum absolute atomic E-state index is 0.436. The van der Waals surface area contributed by atoms with Crippen molar-refractivity contribution in [1.29, 1.82) is 0 Å². The molecule has 52 heavy (non-hydrogen) atoms. The third-order valence-electron chi connectivity index (χ3n) is 9.74. The maximum atomic E-state index is 14.1. The minimum atomic E-state index is -3.45. The molecule has 0 atom stereocenters. The Hall–Kier alpha value is -1.26. The van der Waals surface area contributed by atoms with Gasteiger partial charge in [-0.25, -0.2) is 0 Å². The van der Waals surface area contributed by atoms with Gasteiger partial charge in [0.1, 0.15) is 0 Å². The van der Waals surface area contributed by atoms with E-state index in [1.807, 2.05) is 48.5 Å². The molecule has 0 fully saturated rings. The Morgan fingerprint density at radius 2 is 0.538 bits per heavy atom. The molecule has 0 heterocycles. The summed E-state index contributed by atoms with van der Waals surface area (Å²) >= 11 is 0. The number of benzene rings is 2. The first kappa shape index (κ1) is 46.9. The van der Waals surface area contributed by atoms with Crippen LogP contribution in [0.25, 0.3) is 11.1 Å². The van der Waals surface area contributed by atoms with Gasteiger partial charge in [-0.15, -0.1) is 0 Å². The normalized spacial score (nSPS) is 12.2. The molecule has 0 spiro atoms. The molecule has 0 N–H and O–H groups in total. The van der Waals surface area contributed by atoms with Crippen LogP contribution in [0.1, 0.15) is 182 Å². The van der Waals surface area contributed by atoms with Crippen molar-refractivity contribution < 1.29 is 27.2 Å². The Bertz CT molecular complexity index is 1080. The van der Waals surface area contributed by atoms with Crippen molar-refractivity contribution >= 4 is 25.8 Å². The Morgan fingerprint density at radius 3 is 0.769 bits per heavy atom. The van der Waals surface area contributed by atoms with Gasteiger partial charge in [0.25, 0.3) is 0 Å². The third kappa shape index (κ3) is 19.9. The van der Waals surface area contributed by atoms with Crippen LogP contribution in [-0.2, 0) is 27.2 Å². The lowest BCUT2D eigenvalue weighted by atomic mass is 10.1. The molecular weight excluding hydrogens is 686 g/mol. The second-order valence-corrected chi connectivity index (χ2v) is 18.5. The van der Waals surface area contributed by atoms with E-state index in [4.69, 9.17) is 18.1 Å². The summed E-state index contributed by atoms with van der Waals surface area (Å²) in [6, 6.07) is 15.4. The van der Waals surface area contributed by atoms with Gasteiger partial charge in [0.2, 0.25) is 0 Å². The predicted octanol–water partition coefficient (Wildman–Crippen LogP) is 14.5. The monoisotopic (exact) mass is 763 g/mol. The Balaban J connectivity index is 2.09. The lowest BCUT2D eigenvalue weighted by Crippen LogP contribution is -2.12. The van der Waals surface area contributed by atoms with Gasteiger partial charge in [-0.3, -0.25) is 9.13 Å². The topological polar surface area (TPSA) is 71.1 Å². The standard InChI is InChI=1S/C44H76O6P2/c1-5-9-13-17-21-25-37-47-51(45,48-38-26-22-18-14-10-6-2)43-33-29-41(30-34-43)42-31-35-44(36-32-42)52(46,49-39-27-23-19-15-11-7-3)50-40-28-24-20-16-12-8-4/h29-36H,5-28,37-40H2,1-4H3. The Kier molecular flexibility index (Phi) is 27.1. The summed E-state index contributed by atoms with van der Waals surface area (Å²) in [5.74, 6) is 0. The van der Waals surface area contributed by atoms with Gasteiger partial charge >= 0.3 is 15.2 Å². The SMILES string of the molecule is CCCCCCCCOP(=O)(OCCCCCCCC)c1ccc(-c2ccc(P(=O)(OCCCCCCCC)OCCCCCCCC)cc2)cc1. The summed E-state index contributed by atoms with van der Waals surface area (Å²) in [5.41, 5.74) is 1.95. The summed E-state index contributed by atoms with van der Waals surface area (Å²) in [4.78, 5) is 0. The van der Waals surface area contributed by atoms with Crippen LogP contribution >= 0.6 is 15.2 Å². The van der Waals surface area contributed by atoms with Gasteiger partial charge < -0.3 is 18.1 Å². The van der Waals surface area contributed by atoms with Crippen molar-refractivity contribution in [3.63, 3.8) is 0 Å². The first-order valence-corrected chi connectivity index (χ1v) is 24.5. The highest BCUT2D eigenvalue weighted by Gasteiger charge is 2.29. The van der Waals surface area contributed by atoms with E-state index >= 15 is 0 Å². The highest BCUT2D eigenvalue weighted by Crippen LogP contribution is 2.49. The zero-order chi connectivity index (χ0) is 37.6. The highest BCUT2D eigenvalue weighted by atomic mass is 31.2. The molecule has 0 saturated carbocycles. The van der Waals surface area contributed by atoms with E-state index in [-0.39, 0.29) is 0 Å². The van der Waals surface area contributed by atoms with Crippen molar-refractivity contribution in [3.8, 4) is 11.1 Å². The number of hydrogen-bond acceptors (Lipinski definition) is 6. The molecule has 0 aliphatic rings. The van der Waals surface area contributed by atoms with E-state index in [2.05, 4.69) is 27.7 Å². The molecule has 0 bridgehead atoms. The smallest absolute Gasteiger partial charge is 0.305 e. The molecule has 8 heteroatoms. The van der Waals surface area contributed by atoms with Crippen LogP contribution in [0.5, 0.6) is 0 Å². The lowest BCUT2D eigenvalue weighted by molar-refractivity contribution is 0.205. The number of unbranched alkanes of at least 4 members (excludes halogenated alkanes) is 20. The average Bonchev–Trinajstić information content (AvgIpc) is 3.16. The molecule has 0 amide bonds. The summed E-state index contributed by atoms with van der Waals surface area (Å²) in [7, 11) is -6.90. The summed E-state index contributed by atoms with van der Waals surface area (Å²) in [6.07, 6.45) is 27.4. The molecule has 298 valence electrons. The first-order valence-electron chi connectivity index (χ1n) is 21.4. The molecule has 0 radical (unpaired) electrons. The van der Waals surface area contributed by atoms with Crippen molar-refractivity contribution in [3.05, 3.63) is 48.5 Å². The molecule has 0 aliphatic heterocycles. The van der Waals surface area contributed by atoms with E-state index in [9.17, 15) is 9.13 Å². The van der Waals surface area contributed by atoms with E-state index in [0.29, 0.717) is 37.0 Å². The van der Waals surface area contributed by atoms with Gasteiger partial charge in [0, 0.05) is 0 Å². The lowest BCUT2D eigenvalue weighted by Gasteiger charge is -2.20. The second-order valence-electron chi connectivity index (χ2n) is 14.5. The van der Waals surface area contributed by atoms with Gasteiger partial charge in [-0.05, 0) is 61.1 Å². The quantitative estimate of drug-likeness (QED) is 0.0514.